The second kappa shape index (κ2) is 6.23. The first-order valence-electron chi connectivity index (χ1n) is 5.53. The minimum atomic E-state index is 0.391. The van der Waals surface area contributed by atoms with Crippen LogP contribution in [0.15, 0.2) is 24.8 Å². The lowest BCUT2D eigenvalue weighted by molar-refractivity contribution is 0.695. The Morgan fingerprint density at radius 2 is 2.19 bits per heavy atom. The largest absolute Gasteiger partial charge is 0.349 e. The average molecular weight is 220 g/mol. The fourth-order valence-corrected chi connectivity index (χ4v) is 1.49. The molecule has 0 unspecified atom stereocenters. The molecular weight excluding hydrogens is 200 g/mol. The van der Waals surface area contributed by atoms with Gasteiger partial charge in [0.1, 0.15) is 0 Å². The lowest BCUT2D eigenvalue weighted by Gasteiger charge is -2.25. The standard InChI is InChI=1S/C12H20N4/c1-5-8-16(10(2)3)12-7-6-11(9-13-4)14-15-12/h5-7,10,13H,1,8-9H2,2-4H3. The summed E-state index contributed by atoms with van der Waals surface area (Å²) >= 11 is 0. The minimum absolute atomic E-state index is 0.391. The van der Waals surface area contributed by atoms with Gasteiger partial charge in [0.05, 0.1) is 5.69 Å². The molecular formula is C12H20N4. The van der Waals surface area contributed by atoms with Crippen LogP contribution in [0.2, 0.25) is 0 Å². The molecule has 0 bridgehead atoms. The van der Waals surface area contributed by atoms with Gasteiger partial charge in [-0.1, -0.05) is 6.08 Å². The van der Waals surface area contributed by atoms with Gasteiger partial charge in [0.15, 0.2) is 5.82 Å². The van der Waals surface area contributed by atoms with Gasteiger partial charge in [-0.25, -0.2) is 0 Å². The second-order valence-corrected chi connectivity index (χ2v) is 3.95. The van der Waals surface area contributed by atoms with E-state index in [0.717, 1.165) is 24.6 Å². The molecule has 1 N–H and O–H groups in total. The Morgan fingerprint density at radius 1 is 1.44 bits per heavy atom. The maximum atomic E-state index is 4.23. The summed E-state index contributed by atoms with van der Waals surface area (Å²) in [6.45, 7) is 9.55. The highest BCUT2D eigenvalue weighted by Crippen LogP contribution is 2.12. The average Bonchev–Trinajstić information content (AvgIpc) is 2.27. The smallest absolute Gasteiger partial charge is 0.151 e. The van der Waals surface area contributed by atoms with Gasteiger partial charge in [-0.05, 0) is 33.0 Å². The lowest BCUT2D eigenvalue weighted by Crippen LogP contribution is -2.31. The van der Waals surface area contributed by atoms with E-state index in [-0.39, 0.29) is 0 Å². The van der Waals surface area contributed by atoms with Crippen molar-refractivity contribution >= 4 is 5.82 Å². The first-order chi connectivity index (χ1) is 7.69. The van der Waals surface area contributed by atoms with Crippen LogP contribution in [0, 0.1) is 0 Å². The van der Waals surface area contributed by atoms with E-state index in [4.69, 9.17) is 0 Å². The van der Waals surface area contributed by atoms with Crippen molar-refractivity contribution in [3.63, 3.8) is 0 Å². The second-order valence-electron chi connectivity index (χ2n) is 3.95. The van der Waals surface area contributed by atoms with E-state index in [1.165, 1.54) is 0 Å². The van der Waals surface area contributed by atoms with E-state index >= 15 is 0 Å². The highest BCUT2D eigenvalue weighted by Gasteiger charge is 2.10. The third-order valence-electron chi connectivity index (χ3n) is 2.31. The molecule has 0 aliphatic carbocycles. The van der Waals surface area contributed by atoms with Crippen LogP contribution in [0.5, 0.6) is 0 Å². The van der Waals surface area contributed by atoms with Crippen molar-refractivity contribution in [2.75, 3.05) is 18.5 Å². The van der Waals surface area contributed by atoms with E-state index in [9.17, 15) is 0 Å². The maximum Gasteiger partial charge on any atom is 0.151 e. The zero-order valence-corrected chi connectivity index (χ0v) is 10.3. The van der Waals surface area contributed by atoms with Crippen molar-refractivity contribution in [3.8, 4) is 0 Å². The van der Waals surface area contributed by atoms with Crippen LogP contribution in [-0.4, -0.2) is 29.8 Å². The number of aromatic nitrogens is 2. The Bertz CT molecular complexity index is 318. The lowest BCUT2D eigenvalue weighted by atomic mass is 10.3. The zero-order valence-electron chi connectivity index (χ0n) is 10.3. The fourth-order valence-electron chi connectivity index (χ4n) is 1.49. The molecule has 4 heteroatoms. The molecule has 1 aromatic heterocycles. The number of hydrogen-bond donors (Lipinski definition) is 1. The number of anilines is 1. The molecule has 1 aromatic rings. The Hall–Kier alpha value is -1.42. The molecule has 4 nitrogen and oxygen atoms in total. The summed E-state index contributed by atoms with van der Waals surface area (Å²) < 4.78 is 0. The van der Waals surface area contributed by atoms with Crippen LogP contribution >= 0.6 is 0 Å². The van der Waals surface area contributed by atoms with Crippen LogP contribution in [0.4, 0.5) is 5.82 Å². The third-order valence-corrected chi connectivity index (χ3v) is 2.31. The summed E-state index contributed by atoms with van der Waals surface area (Å²) in [6.07, 6.45) is 1.88. The maximum absolute atomic E-state index is 4.23. The van der Waals surface area contributed by atoms with Crippen molar-refractivity contribution in [2.45, 2.75) is 26.4 Å². The third kappa shape index (κ3) is 3.31. The van der Waals surface area contributed by atoms with Gasteiger partial charge in [0.2, 0.25) is 0 Å². The van der Waals surface area contributed by atoms with Crippen molar-refractivity contribution < 1.29 is 0 Å². The summed E-state index contributed by atoms with van der Waals surface area (Å²) in [5, 5.41) is 11.4. The van der Waals surface area contributed by atoms with Crippen LogP contribution < -0.4 is 10.2 Å². The molecule has 1 rings (SSSR count). The predicted octanol–water partition coefficient (Wildman–Crippen LogP) is 1.60. The van der Waals surface area contributed by atoms with E-state index in [1.54, 1.807) is 0 Å². The van der Waals surface area contributed by atoms with Gasteiger partial charge >= 0.3 is 0 Å². The molecule has 0 saturated carbocycles. The Labute approximate surface area is 97.4 Å². The Kier molecular flexibility index (Phi) is 4.92. The molecule has 88 valence electrons. The van der Waals surface area contributed by atoms with Crippen LogP contribution in [0.3, 0.4) is 0 Å². The summed E-state index contributed by atoms with van der Waals surface area (Å²) in [5.41, 5.74) is 0.952. The monoisotopic (exact) mass is 220 g/mol. The van der Waals surface area contributed by atoms with Gasteiger partial charge in [0.25, 0.3) is 0 Å². The normalized spacial score (nSPS) is 10.5. The van der Waals surface area contributed by atoms with Gasteiger partial charge < -0.3 is 10.2 Å². The van der Waals surface area contributed by atoms with Crippen molar-refractivity contribution in [3.05, 3.63) is 30.5 Å². The van der Waals surface area contributed by atoms with E-state index in [2.05, 4.69) is 40.8 Å². The molecule has 0 saturated heterocycles. The topological polar surface area (TPSA) is 41.0 Å². The summed E-state index contributed by atoms with van der Waals surface area (Å²) in [6, 6.07) is 4.39. The minimum Gasteiger partial charge on any atom is -0.349 e. The summed E-state index contributed by atoms with van der Waals surface area (Å²) in [4.78, 5) is 2.16. The number of hydrogen-bond acceptors (Lipinski definition) is 4. The summed E-state index contributed by atoms with van der Waals surface area (Å²) in [5.74, 6) is 0.898. The van der Waals surface area contributed by atoms with Crippen LogP contribution in [-0.2, 0) is 6.54 Å². The van der Waals surface area contributed by atoms with Crippen LogP contribution in [0.25, 0.3) is 0 Å². The molecule has 0 aliphatic heterocycles. The van der Waals surface area contributed by atoms with Gasteiger partial charge in [-0.15, -0.1) is 11.7 Å². The summed E-state index contributed by atoms with van der Waals surface area (Å²) in [7, 11) is 1.90. The van der Waals surface area contributed by atoms with E-state index < -0.39 is 0 Å². The van der Waals surface area contributed by atoms with E-state index in [0.29, 0.717) is 6.04 Å². The molecule has 0 spiro atoms. The van der Waals surface area contributed by atoms with Crippen molar-refractivity contribution in [1.82, 2.24) is 15.5 Å². The molecule has 0 aromatic carbocycles. The Morgan fingerprint density at radius 3 is 2.62 bits per heavy atom. The van der Waals surface area contributed by atoms with Crippen molar-refractivity contribution in [2.24, 2.45) is 0 Å². The fraction of sp³-hybridized carbons (Fsp3) is 0.500. The highest BCUT2D eigenvalue weighted by atomic mass is 15.3. The highest BCUT2D eigenvalue weighted by molar-refractivity contribution is 5.39. The molecule has 1 heterocycles. The SMILES string of the molecule is C=CCN(c1ccc(CNC)nn1)C(C)C. The quantitative estimate of drug-likeness (QED) is 0.739. The van der Waals surface area contributed by atoms with Gasteiger partial charge in [-0.3, -0.25) is 0 Å². The molecule has 0 amide bonds. The Balaban J connectivity index is 2.80. The van der Waals surface area contributed by atoms with Crippen molar-refractivity contribution in [1.29, 1.82) is 0 Å². The van der Waals surface area contributed by atoms with Gasteiger partial charge in [-0.2, -0.15) is 5.10 Å². The first kappa shape index (κ1) is 12.6. The molecule has 0 aliphatic rings. The molecule has 0 fully saturated rings. The predicted molar refractivity (Wildman–Crippen MR) is 67.5 cm³/mol. The van der Waals surface area contributed by atoms with Crippen LogP contribution in [0.1, 0.15) is 19.5 Å². The number of nitrogens with zero attached hydrogens (tertiary/aromatic N) is 3. The molecule has 16 heavy (non-hydrogen) atoms. The molecule has 0 atom stereocenters. The van der Waals surface area contributed by atoms with Gasteiger partial charge in [0, 0.05) is 19.1 Å². The zero-order chi connectivity index (χ0) is 12.0. The number of nitrogens with one attached hydrogen (secondary N) is 1. The number of rotatable bonds is 6. The first-order valence-corrected chi connectivity index (χ1v) is 5.53. The van der Waals surface area contributed by atoms with E-state index in [1.807, 2.05) is 25.3 Å². The molecule has 0 radical (unpaired) electrons.